The molecule has 5 heteroatoms. The first kappa shape index (κ1) is 21.0. The van der Waals surface area contributed by atoms with Gasteiger partial charge in [0.25, 0.3) is 0 Å². The average Bonchev–Trinajstić information content (AvgIpc) is 2.89. The Morgan fingerprint density at radius 2 is 1.26 bits per heavy atom. The van der Waals surface area contributed by atoms with Gasteiger partial charge >= 0.3 is 0 Å². The molecule has 7 N–H and O–H groups in total. The van der Waals surface area contributed by atoms with E-state index in [-0.39, 0.29) is 11.8 Å². The van der Waals surface area contributed by atoms with Crippen molar-refractivity contribution in [3.05, 3.63) is 23.8 Å². The van der Waals surface area contributed by atoms with Crippen LogP contribution in [0.1, 0.15) is 76.7 Å². The molecule has 5 nitrogen and oxygen atoms in total. The number of aromatic hydroxyl groups is 2. The molecule has 2 rings (SSSR count). The third kappa shape index (κ3) is 6.42. The Labute approximate surface area is 162 Å². The van der Waals surface area contributed by atoms with Crippen LogP contribution < -0.4 is 11.5 Å². The molecule has 1 heterocycles. The first-order valence-corrected chi connectivity index (χ1v) is 10.3. The van der Waals surface area contributed by atoms with Crippen molar-refractivity contribution < 1.29 is 10.2 Å². The fourth-order valence-electron chi connectivity index (χ4n) is 3.68. The summed E-state index contributed by atoms with van der Waals surface area (Å²) in [6.07, 6.45) is 13.3. The van der Waals surface area contributed by atoms with E-state index in [0.717, 1.165) is 24.0 Å². The van der Waals surface area contributed by atoms with E-state index in [1.165, 1.54) is 51.4 Å². The van der Waals surface area contributed by atoms with Crippen LogP contribution in [0.15, 0.2) is 18.2 Å². The highest BCUT2D eigenvalue weighted by molar-refractivity contribution is 5.79. The van der Waals surface area contributed by atoms with Gasteiger partial charge in [-0.2, -0.15) is 0 Å². The first-order valence-electron chi connectivity index (χ1n) is 10.3. The Balaban J connectivity index is 1.83. The van der Waals surface area contributed by atoms with E-state index < -0.39 is 0 Å². The van der Waals surface area contributed by atoms with Gasteiger partial charge in [0.05, 0.1) is 5.56 Å². The number of unbranched alkanes of at least 4 members (excludes halogenated alkanes) is 9. The molecule has 0 unspecified atom stereocenters. The highest BCUT2D eigenvalue weighted by atomic mass is 16.3. The molecule has 2 aromatic rings. The molecule has 1 aromatic heterocycles. The number of hydrogen-bond donors (Lipinski definition) is 5. The average molecular weight is 374 g/mol. The zero-order valence-corrected chi connectivity index (χ0v) is 16.6. The molecule has 0 fully saturated rings. The van der Waals surface area contributed by atoms with Crippen molar-refractivity contribution >= 4 is 11.4 Å². The minimum absolute atomic E-state index is 0.0272. The summed E-state index contributed by atoms with van der Waals surface area (Å²) in [5.74, 6) is -0.0148. The normalized spacial score (nSPS) is 11.1. The van der Waals surface area contributed by atoms with Gasteiger partial charge in [0.2, 0.25) is 0 Å². The van der Waals surface area contributed by atoms with Gasteiger partial charge in [0.1, 0.15) is 0 Å². The lowest BCUT2D eigenvalue weighted by molar-refractivity contribution is 0.423. The van der Waals surface area contributed by atoms with Crippen LogP contribution in [0.5, 0.6) is 11.8 Å². The highest BCUT2D eigenvalue weighted by Crippen LogP contribution is 2.40. The number of nitrogen functional groups attached to an aromatic ring is 2. The van der Waals surface area contributed by atoms with Crippen LogP contribution in [0, 0.1) is 0 Å². The molecule has 27 heavy (non-hydrogen) atoms. The number of hydrogen-bond acceptors (Lipinski definition) is 4. The predicted octanol–water partition coefficient (Wildman–Crippen LogP) is 5.72. The Kier molecular flexibility index (Phi) is 8.37. The van der Waals surface area contributed by atoms with Gasteiger partial charge in [-0.05, 0) is 36.6 Å². The van der Waals surface area contributed by atoms with E-state index in [0.29, 0.717) is 23.4 Å². The second-order valence-corrected chi connectivity index (χ2v) is 7.50. The third-order valence-corrected chi connectivity index (χ3v) is 5.11. The molecule has 0 saturated carbocycles. The van der Waals surface area contributed by atoms with Crippen molar-refractivity contribution in [2.75, 3.05) is 11.5 Å². The summed E-state index contributed by atoms with van der Waals surface area (Å²) in [4.78, 5) is 2.63. The number of nitrogens with two attached hydrogens (primary N) is 2. The summed E-state index contributed by atoms with van der Waals surface area (Å²) in [5.41, 5.74) is 14.9. The van der Waals surface area contributed by atoms with Gasteiger partial charge in [0.15, 0.2) is 11.8 Å². The van der Waals surface area contributed by atoms with Gasteiger partial charge in [-0.15, -0.1) is 0 Å². The first-order chi connectivity index (χ1) is 13.0. The topological polar surface area (TPSA) is 108 Å². The lowest BCUT2D eigenvalue weighted by Crippen LogP contribution is -1.93. The zero-order chi connectivity index (χ0) is 19.6. The molecule has 0 atom stereocenters. The van der Waals surface area contributed by atoms with Crippen LogP contribution in [0.4, 0.5) is 11.4 Å². The van der Waals surface area contributed by atoms with Crippen molar-refractivity contribution in [3.8, 4) is 22.9 Å². The van der Waals surface area contributed by atoms with Gasteiger partial charge in [0, 0.05) is 16.9 Å². The SMILES string of the molecule is CCCCCCCCCCCCc1c(O)[nH]c(O)c1-c1cc(N)cc(N)c1. The van der Waals surface area contributed by atoms with Crippen LogP contribution in [0.3, 0.4) is 0 Å². The predicted molar refractivity (Wildman–Crippen MR) is 114 cm³/mol. The van der Waals surface area contributed by atoms with Crippen LogP contribution in [0.2, 0.25) is 0 Å². The quantitative estimate of drug-likeness (QED) is 0.242. The van der Waals surface area contributed by atoms with Crippen molar-refractivity contribution in [3.63, 3.8) is 0 Å². The Bertz CT molecular complexity index is 690. The summed E-state index contributed by atoms with van der Waals surface area (Å²) in [6.45, 7) is 2.25. The summed E-state index contributed by atoms with van der Waals surface area (Å²) in [5, 5.41) is 20.4. The molecule has 0 amide bonds. The molecular formula is C22H35N3O2. The van der Waals surface area contributed by atoms with Crippen molar-refractivity contribution in [2.45, 2.75) is 77.6 Å². The molecule has 0 aliphatic heterocycles. The number of aromatic nitrogens is 1. The lowest BCUT2D eigenvalue weighted by atomic mass is 9.98. The summed E-state index contributed by atoms with van der Waals surface area (Å²) >= 11 is 0. The van der Waals surface area contributed by atoms with E-state index >= 15 is 0 Å². The number of rotatable bonds is 12. The van der Waals surface area contributed by atoms with Crippen molar-refractivity contribution in [1.29, 1.82) is 0 Å². The van der Waals surface area contributed by atoms with Crippen LogP contribution in [0.25, 0.3) is 11.1 Å². The Morgan fingerprint density at radius 3 is 1.81 bits per heavy atom. The van der Waals surface area contributed by atoms with Crippen molar-refractivity contribution in [1.82, 2.24) is 4.98 Å². The van der Waals surface area contributed by atoms with Crippen LogP contribution in [-0.2, 0) is 6.42 Å². The molecule has 0 bridgehead atoms. The maximum atomic E-state index is 10.2. The minimum Gasteiger partial charge on any atom is -0.494 e. The van der Waals surface area contributed by atoms with Crippen LogP contribution in [-0.4, -0.2) is 15.2 Å². The largest absolute Gasteiger partial charge is 0.494 e. The molecule has 0 saturated heterocycles. The number of anilines is 2. The Morgan fingerprint density at radius 1 is 0.741 bits per heavy atom. The van der Waals surface area contributed by atoms with E-state index in [4.69, 9.17) is 11.5 Å². The van der Waals surface area contributed by atoms with Gasteiger partial charge in [-0.25, -0.2) is 0 Å². The molecule has 1 aromatic carbocycles. The molecule has 0 radical (unpaired) electrons. The molecule has 0 spiro atoms. The van der Waals surface area contributed by atoms with Gasteiger partial charge < -0.3 is 21.7 Å². The van der Waals surface area contributed by atoms with Gasteiger partial charge in [-0.3, -0.25) is 4.98 Å². The smallest absolute Gasteiger partial charge is 0.199 e. The summed E-state index contributed by atoms with van der Waals surface area (Å²) in [6, 6.07) is 5.20. The molecular weight excluding hydrogens is 338 g/mol. The Hall–Kier alpha value is -2.30. The van der Waals surface area contributed by atoms with E-state index in [1.807, 2.05) is 0 Å². The lowest BCUT2D eigenvalue weighted by Gasteiger charge is -2.08. The summed E-state index contributed by atoms with van der Waals surface area (Å²) in [7, 11) is 0. The standard InChI is InChI=1S/C22H35N3O2/c1-2-3-4-5-6-7-8-9-10-11-12-19-20(22(27)25-21(19)26)16-13-17(23)15-18(24)14-16/h13-15,25-27H,2-12,23-24H2,1H3. The highest BCUT2D eigenvalue weighted by Gasteiger charge is 2.18. The zero-order valence-electron chi connectivity index (χ0n) is 16.6. The maximum absolute atomic E-state index is 10.2. The van der Waals surface area contributed by atoms with Crippen LogP contribution >= 0.6 is 0 Å². The third-order valence-electron chi connectivity index (χ3n) is 5.11. The fraction of sp³-hybridized carbons (Fsp3) is 0.545. The summed E-state index contributed by atoms with van der Waals surface area (Å²) < 4.78 is 0. The second kappa shape index (κ2) is 10.8. The molecule has 150 valence electrons. The minimum atomic E-state index is -0.0421. The molecule has 0 aliphatic rings. The monoisotopic (exact) mass is 373 g/mol. The van der Waals surface area contributed by atoms with E-state index in [1.54, 1.807) is 18.2 Å². The maximum Gasteiger partial charge on any atom is 0.199 e. The van der Waals surface area contributed by atoms with Gasteiger partial charge in [-0.1, -0.05) is 64.7 Å². The number of benzene rings is 1. The van der Waals surface area contributed by atoms with Crippen molar-refractivity contribution in [2.24, 2.45) is 0 Å². The number of nitrogens with one attached hydrogen (secondary N) is 1. The van der Waals surface area contributed by atoms with E-state index in [9.17, 15) is 10.2 Å². The second-order valence-electron chi connectivity index (χ2n) is 7.50. The number of aromatic amines is 1. The molecule has 0 aliphatic carbocycles. The van der Waals surface area contributed by atoms with E-state index in [2.05, 4.69) is 11.9 Å². The number of H-pyrrole nitrogens is 1. The fourth-order valence-corrected chi connectivity index (χ4v) is 3.68.